The smallest absolute Gasteiger partial charge is 0.0207 e. The molecule has 0 aliphatic rings. The fourth-order valence-electron chi connectivity index (χ4n) is 2.69. The third kappa shape index (κ3) is 6.62. The van der Waals surface area contributed by atoms with Crippen molar-refractivity contribution in [3.63, 3.8) is 0 Å². The number of benzene rings is 1. The van der Waals surface area contributed by atoms with Gasteiger partial charge in [0.15, 0.2) is 0 Å². The van der Waals surface area contributed by atoms with Crippen molar-refractivity contribution in [3.05, 3.63) is 34.3 Å². The molecule has 0 radical (unpaired) electrons. The van der Waals surface area contributed by atoms with Crippen molar-refractivity contribution in [1.29, 1.82) is 0 Å². The van der Waals surface area contributed by atoms with Gasteiger partial charge in [-0.2, -0.15) is 0 Å². The molecular weight excluding hydrogens is 444 g/mol. The third-order valence-corrected chi connectivity index (χ3v) is 6.03. The first kappa shape index (κ1) is 18.7. The normalized spacial score (nSPS) is 14.2. The average Bonchev–Trinajstić information content (AvgIpc) is 2.46. The van der Waals surface area contributed by atoms with Crippen molar-refractivity contribution >= 4 is 47.8 Å². The molecule has 2 atom stereocenters. The predicted molar refractivity (Wildman–Crippen MR) is 101 cm³/mol. The van der Waals surface area contributed by atoms with Crippen LogP contribution in [0.5, 0.6) is 0 Å². The Labute approximate surface area is 149 Å². The molecule has 0 aromatic heterocycles. The monoisotopic (exact) mass is 466 g/mol. The van der Waals surface area contributed by atoms with E-state index in [-0.39, 0.29) is 0 Å². The first-order valence-electron chi connectivity index (χ1n) is 7.58. The van der Waals surface area contributed by atoms with E-state index in [0.717, 1.165) is 22.5 Å². The van der Waals surface area contributed by atoms with E-state index < -0.39 is 0 Å². The Kier molecular flexibility index (Phi) is 10.5. The second kappa shape index (κ2) is 11.3. The van der Waals surface area contributed by atoms with Crippen LogP contribution in [0.2, 0.25) is 0 Å². The molecule has 0 saturated carbocycles. The molecule has 0 spiro atoms. The van der Waals surface area contributed by atoms with Crippen LogP contribution >= 0.6 is 47.8 Å². The van der Waals surface area contributed by atoms with Gasteiger partial charge in [-0.3, -0.25) is 0 Å². The Hall–Kier alpha value is 0.660. The van der Waals surface area contributed by atoms with Crippen molar-refractivity contribution in [3.8, 4) is 0 Å². The molecule has 3 heteroatoms. The van der Waals surface area contributed by atoms with Crippen LogP contribution in [-0.4, -0.2) is 10.7 Å². The summed E-state index contributed by atoms with van der Waals surface area (Å²) in [5.41, 5.74) is 1.44. The van der Waals surface area contributed by atoms with E-state index in [1.807, 2.05) is 0 Å². The molecule has 0 nitrogen and oxygen atoms in total. The number of halogens is 3. The predicted octanol–water partition coefficient (Wildman–Crippen LogP) is 6.98. The molecule has 0 saturated heterocycles. The van der Waals surface area contributed by atoms with E-state index >= 15 is 0 Å². The minimum Gasteiger partial charge on any atom is -0.0928 e. The minimum atomic E-state index is 0.754. The molecule has 1 aromatic carbocycles. The van der Waals surface area contributed by atoms with E-state index in [1.54, 1.807) is 0 Å². The second-order valence-corrected chi connectivity index (χ2v) is 7.74. The highest BCUT2D eigenvalue weighted by Gasteiger charge is 2.21. The average molecular weight is 469 g/mol. The summed E-state index contributed by atoms with van der Waals surface area (Å²) < 4.78 is 1.25. The molecule has 2 unspecified atom stereocenters. The van der Waals surface area contributed by atoms with Gasteiger partial charge in [0.05, 0.1) is 0 Å². The van der Waals surface area contributed by atoms with Gasteiger partial charge in [0, 0.05) is 15.1 Å². The van der Waals surface area contributed by atoms with Gasteiger partial charge in [-0.1, -0.05) is 92.2 Å². The van der Waals surface area contributed by atoms with Crippen LogP contribution in [0.1, 0.15) is 44.6 Å². The highest BCUT2D eigenvalue weighted by Crippen LogP contribution is 2.30. The van der Waals surface area contributed by atoms with Crippen LogP contribution in [-0.2, 0) is 6.42 Å². The van der Waals surface area contributed by atoms with Crippen LogP contribution in [0.3, 0.4) is 0 Å². The van der Waals surface area contributed by atoms with Gasteiger partial charge in [-0.05, 0) is 42.7 Å². The Morgan fingerprint density at radius 3 is 2.35 bits per heavy atom. The quantitative estimate of drug-likeness (QED) is 0.256. The lowest BCUT2D eigenvalue weighted by Crippen LogP contribution is -2.20. The zero-order valence-electron chi connectivity index (χ0n) is 12.3. The molecule has 1 rings (SSSR count). The second-order valence-electron chi connectivity index (χ2n) is 5.44. The summed E-state index contributed by atoms with van der Waals surface area (Å²) in [4.78, 5) is 0. The Morgan fingerprint density at radius 1 is 1.00 bits per heavy atom. The SMILES string of the molecule is CCCCCC(CBr)C(CCBr)Cc1ccccc1Br. The largest absolute Gasteiger partial charge is 0.0928 e. The van der Waals surface area contributed by atoms with E-state index in [4.69, 9.17) is 0 Å². The summed E-state index contributed by atoms with van der Waals surface area (Å²) in [6.45, 7) is 2.28. The van der Waals surface area contributed by atoms with Crippen LogP contribution < -0.4 is 0 Å². The summed E-state index contributed by atoms with van der Waals surface area (Å²) in [7, 11) is 0. The maximum atomic E-state index is 3.74. The topological polar surface area (TPSA) is 0 Å². The Balaban J connectivity index is 2.68. The minimum absolute atomic E-state index is 0.754. The van der Waals surface area contributed by atoms with Crippen molar-refractivity contribution < 1.29 is 0 Å². The fraction of sp³-hybridized carbons (Fsp3) is 0.647. The number of rotatable bonds is 10. The number of hydrogen-bond acceptors (Lipinski definition) is 0. The van der Waals surface area contributed by atoms with Gasteiger partial charge < -0.3 is 0 Å². The lowest BCUT2D eigenvalue weighted by Gasteiger charge is -2.26. The van der Waals surface area contributed by atoms with Gasteiger partial charge >= 0.3 is 0 Å². The van der Waals surface area contributed by atoms with Crippen molar-refractivity contribution in [2.75, 3.05) is 10.7 Å². The summed E-state index contributed by atoms with van der Waals surface area (Å²) in [6.07, 6.45) is 7.81. The first-order chi connectivity index (χ1) is 9.72. The molecule has 0 fully saturated rings. The zero-order valence-corrected chi connectivity index (χ0v) is 17.0. The molecule has 0 aliphatic carbocycles. The van der Waals surface area contributed by atoms with Gasteiger partial charge in [0.1, 0.15) is 0 Å². The standard InChI is InChI=1S/C17H25Br3/c1-2-3-4-8-16(13-19)14(10-11-18)12-15-7-5-6-9-17(15)20/h5-7,9,14,16H,2-4,8,10-13H2,1H3. The molecule has 0 bridgehead atoms. The first-order valence-corrected chi connectivity index (χ1v) is 10.6. The molecule has 0 aliphatic heterocycles. The van der Waals surface area contributed by atoms with Gasteiger partial charge in [-0.15, -0.1) is 0 Å². The highest BCUT2D eigenvalue weighted by atomic mass is 79.9. The van der Waals surface area contributed by atoms with Gasteiger partial charge in [0.2, 0.25) is 0 Å². The van der Waals surface area contributed by atoms with Crippen LogP contribution in [0.25, 0.3) is 0 Å². The molecule has 0 amide bonds. The van der Waals surface area contributed by atoms with Crippen LogP contribution in [0.4, 0.5) is 0 Å². The van der Waals surface area contributed by atoms with Crippen LogP contribution in [0, 0.1) is 11.8 Å². The van der Waals surface area contributed by atoms with Gasteiger partial charge in [0.25, 0.3) is 0 Å². The van der Waals surface area contributed by atoms with Crippen molar-refractivity contribution in [2.45, 2.75) is 45.4 Å². The third-order valence-electron chi connectivity index (χ3n) is 3.96. The highest BCUT2D eigenvalue weighted by molar-refractivity contribution is 9.10. The van der Waals surface area contributed by atoms with E-state index in [1.165, 1.54) is 48.6 Å². The Bertz CT molecular complexity index is 365. The van der Waals surface area contributed by atoms with E-state index in [9.17, 15) is 0 Å². The lowest BCUT2D eigenvalue weighted by atomic mass is 9.83. The van der Waals surface area contributed by atoms with Crippen LogP contribution in [0.15, 0.2) is 28.7 Å². The number of hydrogen-bond donors (Lipinski definition) is 0. The molecule has 0 heterocycles. The number of unbranched alkanes of at least 4 members (excludes halogenated alkanes) is 2. The van der Waals surface area contributed by atoms with E-state index in [2.05, 4.69) is 79.0 Å². The van der Waals surface area contributed by atoms with E-state index in [0.29, 0.717) is 0 Å². The molecular formula is C17H25Br3. The summed E-state index contributed by atoms with van der Waals surface area (Å²) in [5, 5.41) is 2.22. The molecule has 1 aromatic rings. The fourth-order valence-corrected chi connectivity index (χ4v) is 4.57. The Morgan fingerprint density at radius 2 is 1.75 bits per heavy atom. The molecule has 114 valence electrons. The molecule has 20 heavy (non-hydrogen) atoms. The molecule has 0 N–H and O–H groups in total. The summed E-state index contributed by atoms with van der Waals surface area (Å²) in [6, 6.07) is 8.64. The van der Waals surface area contributed by atoms with Crippen molar-refractivity contribution in [1.82, 2.24) is 0 Å². The van der Waals surface area contributed by atoms with Crippen molar-refractivity contribution in [2.24, 2.45) is 11.8 Å². The maximum Gasteiger partial charge on any atom is 0.0207 e. The van der Waals surface area contributed by atoms with Gasteiger partial charge in [-0.25, -0.2) is 0 Å². The number of alkyl halides is 2. The summed E-state index contributed by atoms with van der Waals surface area (Å²) in [5.74, 6) is 1.54. The zero-order chi connectivity index (χ0) is 14.8. The summed E-state index contributed by atoms with van der Waals surface area (Å²) >= 11 is 11.1. The maximum absolute atomic E-state index is 3.74. The lowest BCUT2D eigenvalue weighted by molar-refractivity contribution is 0.326.